The molecule has 0 bridgehead atoms. The number of hydrogen-bond donors (Lipinski definition) is 2. The minimum absolute atomic E-state index is 0.224. The fraction of sp³-hybridized carbons (Fsp3) is 0.143. The van der Waals surface area contributed by atoms with E-state index in [-0.39, 0.29) is 5.75 Å². The molecule has 0 aliphatic carbocycles. The van der Waals surface area contributed by atoms with E-state index in [1.165, 1.54) is 7.11 Å². The first-order valence-electron chi connectivity index (χ1n) is 5.96. The minimum Gasteiger partial charge on any atom is -0.493 e. The first-order valence-corrected chi connectivity index (χ1v) is 6.75. The van der Waals surface area contributed by atoms with Gasteiger partial charge in [-0.15, -0.1) is 0 Å². The van der Waals surface area contributed by atoms with E-state index >= 15 is 0 Å². The number of aliphatic hydroxyl groups excluding tert-OH is 1. The molecular formula is C14H13BrN2O4. The molecule has 2 aromatic rings. The predicted molar refractivity (Wildman–Crippen MR) is 81.1 cm³/mol. The van der Waals surface area contributed by atoms with Gasteiger partial charge in [0.25, 0.3) is 0 Å². The highest BCUT2D eigenvalue weighted by Crippen LogP contribution is 2.33. The van der Waals surface area contributed by atoms with E-state index in [9.17, 15) is 4.79 Å². The Balaban J connectivity index is 2.42. The highest BCUT2D eigenvalue weighted by Gasteiger charge is 2.12. The first kappa shape index (κ1) is 15.3. The number of halogens is 1. The van der Waals surface area contributed by atoms with Gasteiger partial charge in [-0.2, -0.15) is 0 Å². The molecule has 1 heterocycles. The summed E-state index contributed by atoms with van der Waals surface area (Å²) >= 11 is 3.31. The van der Waals surface area contributed by atoms with Crippen LogP contribution in [0.1, 0.15) is 0 Å². The number of rotatable bonds is 4. The molecule has 0 aliphatic heterocycles. The van der Waals surface area contributed by atoms with Crippen LogP contribution in [0.25, 0.3) is 11.1 Å². The molecule has 110 valence electrons. The van der Waals surface area contributed by atoms with Crippen LogP contribution in [0.3, 0.4) is 0 Å². The SMILES string of the molecule is COc1ccc(-c2cnc(N)c(Br)c2)cc1OC(=O)CO. The summed E-state index contributed by atoms with van der Waals surface area (Å²) in [6, 6.07) is 6.90. The van der Waals surface area contributed by atoms with Crippen molar-refractivity contribution in [3.63, 3.8) is 0 Å². The van der Waals surface area contributed by atoms with E-state index in [0.717, 1.165) is 11.1 Å². The Morgan fingerprint density at radius 3 is 2.71 bits per heavy atom. The topological polar surface area (TPSA) is 94.7 Å². The number of methoxy groups -OCH3 is 1. The third-order valence-electron chi connectivity index (χ3n) is 2.72. The third kappa shape index (κ3) is 3.50. The van der Waals surface area contributed by atoms with E-state index in [4.69, 9.17) is 20.3 Å². The lowest BCUT2D eigenvalue weighted by Crippen LogP contribution is -2.12. The first-order chi connectivity index (χ1) is 10.0. The fourth-order valence-electron chi connectivity index (χ4n) is 1.70. The third-order valence-corrected chi connectivity index (χ3v) is 3.35. The summed E-state index contributed by atoms with van der Waals surface area (Å²) in [6.07, 6.45) is 1.61. The van der Waals surface area contributed by atoms with Gasteiger partial charge in [0.2, 0.25) is 0 Å². The van der Waals surface area contributed by atoms with Crippen LogP contribution in [-0.2, 0) is 4.79 Å². The van der Waals surface area contributed by atoms with Crippen LogP contribution in [-0.4, -0.2) is 29.8 Å². The summed E-state index contributed by atoms with van der Waals surface area (Å²) in [4.78, 5) is 15.3. The van der Waals surface area contributed by atoms with Crippen molar-refractivity contribution in [1.82, 2.24) is 4.98 Å². The largest absolute Gasteiger partial charge is 0.493 e. The Labute approximate surface area is 129 Å². The molecule has 0 atom stereocenters. The van der Waals surface area contributed by atoms with Crippen LogP contribution < -0.4 is 15.2 Å². The number of benzene rings is 1. The Morgan fingerprint density at radius 1 is 1.33 bits per heavy atom. The van der Waals surface area contributed by atoms with Crippen LogP contribution in [0.5, 0.6) is 11.5 Å². The summed E-state index contributed by atoms with van der Waals surface area (Å²) in [6.45, 7) is -0.706. The second kappa shape index (κ2) is 6.55. The molecule has 7 heteroatoms. The van der Waals surface area contributed by atoms with E-state index < -0.39 is 12.6 Å². The minimum atomic E-state index is -0.762. The van der Waals surface area contributed by atoms with E-state index in [1.807, 2.05) is 6.07 Å². The van der Waals surface area contributed by atoms with Crippen LogP contribution in [0, 0.1) is 0 Å². The number of anilines is 1. The van der Waals surface area contributed by atoms with E-state index in [1.54, 1.807) is 24.4 Å². The number of aliphatic hydroxyl groups is 1. The molecule has 0 saturated heterocycles. The summed E-state index contributed by atoms with van der Waals surface area (Å²) in [5, 5.41) is 8.77. The molecule has 0 spiro atoms. The maximum Gasteiger partial charge on any atom is 0.337 e. The number of nitrogens with zero attached hydrogens (tertiary/aromatic N) is 1. The van der Waals surface area contributed by atoms with Crippen molar-refractivity contribution in [3.8, 4) is 22.6 Å². The van der Waals surface area contributed by atoms with Crippen molar-refractivity contribution in [2.75, 3.05) is 19.5 Å². The van der Waals surface area contributed by atoms with E-state index in [2.05, 4.69) is 20.9 Å². The number of esters is 1. The number of aromatic nitrogens is 1. The average molecular weight is 353 g/mol. The smallest absolute Gasteiger partial charge is 0.337 e. The van der Waals surface area contributed by atoms with Gasteiger partial charge < -0.3 is 20.3 Å². The van der Waals surface area contributed by atoms with Gasteiger partial charge in [0, 0.05) is 11.8 Å². The molecule has 1 aromatic heterocycles. The summed E-state index contributed by atoms with van der Waals surface area (Å²) in [5.41, 5.74) is 7.21. The van der Waals surface area contributed by atoms with Crippen LogP contribution in [0.15, 0.2) is 34.9 Å². The molecule has 0 saturated carbocycles. The Hall–Kier alpha value is -2.12. The zero-order valence-electron chi connectivity index (χ0n) is 11.2. The Kier molecular flexibility index (Phi) is 4.77. The molecule has 6 nitrogen and oxygen atoms in total. The van der Waals surface area contributed by atoms with Gasteiger partial charge in [-0.1, -0.05) is 6.07 Å². The highest BCUT2D eigenvalue weighted by atomic mass is 79.9. The second-order valence-corrected chi connectivity index (χ2v) is 4.94. The van der Waals surface area contributed by atoms with Crippen molar-refractivity contribution < 1.29 is 19.4 Å². The number of nitrogen functional groups attached to an aromatic ring is 1. The number of pyridine rings is 1. The molecule has 0 unspecified atom stereocenters. The van der Waals surface area contributed by atoms with Crippen molar-refractivity contribution in [1.29, 1.82) is 0 Å². The highest BCUT2D eigenvalue weighted by molar-refractivity contribution is 9.10. The second-order valence-electron chi connectivity index (χ2n) is 4.09. The molecule has 3 N–H and O–H groups in total. The molecule has 0 aliphatic rings. The number of nitrogens with two attached hydrogens (primary N) is 1. The molecule has 21 heavy (non-hydrogen) atoms. The van der Waals surface area contributed by atoms with E-state index in [0.29, 0.717) is 16.0 Å². The zero-order valence-corrected chi connectivity index (χ0v) is 12.8. The molecule has 1 aromatic carbocycles. The average Bonchev–Trinajstić information content (AvgIpc) is 2.49. The Morgan fingerprint density at radius 2 is 2.10 bits per heavy atom. The predicted octanol–water partition coefficient (Wildman–Crippen LogP) is 2.00. The van der Waals surface area contributed by atoms with Gasteiger partial charge in [0.05, 0.1) is 11.6 Å². The summed E-state index contributed by atoms with van der Waals surface area (Å²) < 4.78 is 10.8. The molecule has 2 rings (SSSR count). The van der Waals surface area contributed by atoms with Crippen molar-refractivity contribution in [2.45, 2.75) is 0 Å². The maximum atomic E-state index is 11.2. The van der Waals surface area contributed by atoms with Gasteiger partial charge in [-0.3, -0.25) is 0 Å². The standard InChI is InChI=1S/C14H13BrN2O4/c1-20-11-3-2-8(5-12(11)21-13(19)7-18)9-4-10(15)14(16)17-6-9/h2-6,18H,7H2,1H3,(H2,16,17). The molecule has 0 radical (unpaired) electrons. The van der Waals surface area contributed by atoms with Crippen LogP contribution in [0.2, 0.25) is 0 Å². The van der Waals surface area contributed by atoms with Gasteiger partial charge in [0.15, 0.2) is 11.5 Å². The summed E-state index contributed by atoms with van der Waals surface area (Å²) in [5.74, 6) is 0.242. The number of carbonyl (C=O) groups is 1. The quantitative estimate of drug-likeness (QED) is 0.645. The van der Waals surface area contributed by atoms with Crippen LogP contribution >= 0.6 is 15.9 Å². The maximum absolute atomic E-state index is 11.2. The van der Waals surface area contributed by atoms with Crippen molar-refractivity contribution >= 4 is 27.7 Å². The zero-order chi connectivity index (χ0) is 15.4. The van der Waals surface area contributed by atoms with Crippen molar-refractivity contribution in [3.05, 3.63) is 34.9 Å². The monoisotopic (exact) mass is 352 g/mol. The fourth-order valence-corrected chi connectivity index (χ4v) is 2.05. The normalized spacial score (nSPS) is 10.2. The van der Waals surface area contributed by atoms with Gasteiger partial charge >= 0.3 is 5.97 Å². The van der Waals surface area contributed by atoms with Crippen LogP contribution in [0.4, 0.5) is 5.82 Å². The van der Waals surface area contributed by atoms with Gasteiger partial charge in [-0.05, 0) is 39.7 Å². The molecule has 0 fully saturated rings. The summed E-state index contributed by atoms with van der Waals surface area (Å²) in [7, 11) is 1.46. The number of carbonyl (C=O) groups excluding carboxylic acids is 1. The lowest BCUT2D eigenvalue weighted by atomic mass is 10.1. The number of hydrogen-bond acceptors (Lipinski definition) is 6. The molecule has 0 amide bonds. The lowest BCUT2D eigenvalue weighted by Gasteiger charge is -2.11. The molecular weight excluding hydrogens is 340 g/mol. The van der Waals surface area contributed by atoms with Crippen molar-refractivity contribution in [2.24, 2.45) is 0 Å². The number of ether oxygens (including phenoxy) is 2. The van der Waals surface area contributed by atoms with Gasteiger partial charge in [0.1, 0.15) is 12.4 Å². The Bertz CT molecular complexity index is 676. The lowest BCUT2D eigenvalue weighted by molar-refractivity contribution is -0.137. The van der Waals surface area contributed by atoms with Gasteiger partial charge in [-0.25, -0.2) is 9.78 Å².